The minimum absolute atomic E-state index is 0. The summed E-state index contributed by atoms with van der Waals surface area (Å²) in [5.74, 6) is 1.68. The maximum absolute atomic E-state index is 13.3. The van der Waals surface area contributed by atoms with Crippen molar-refractivity contribution in [1.82, 2.24) is 29.9 Å². The van der Waals surface area contributed by atoms with E-state index < -0.39 is 40.4 Å². The topological polar surface area (TPSA) is 228 Å². The Balaban J connectivity index is 0.000000169. The third-order valence-electron chi connectivity index (χ3n) is 18.8. The number of methoxy groups -OCH3 is 1. The summed E-state index contributed by atoms with van der Waals surface area (Å²) in [5, 5.41) is 72.8. The number of aryl methyl sites for hydroxylation is 1. The van der Waals surface area contributed by atoms with Gasteiger partial charge in [-0.2, -0.15) is 5.26 Å². The molecule has 0 spiro atoms. The van der Waals surface area contributed by atoms with E-state index in [-0.39, 0.29) is 111 Å². The Morgan fingerprint density at radius 3 is 1.43 bits per heavy atom. The maximum atomic E-state index is 13.3. The summed E-state index contributed by atoms with van der Waals surface area (Å²) in [7, 11) is -7.54. The Morgan fingerprint density at radius 2 is 0.897 bits per heavy atom. The first-order chi connectivity index (χ1) is 43.7. The Labute approximate surface area is 624 Å². The number of pyridine rings is 7. The summed E-state index contributed by atoms with van der Waals surface area (Å²) in [6.45, 7) is 24.4. The number of halogens is 1. The van der Waals surface area contributed by atoms with E-state index in [4.69, 9.17) is 15.0 Å². The fraction of sp³-hybridized carbons (Fsp3) is 0.167. The van der Waals surface area contributed by atoms with E-state index in [9.17, 15) is 29.9 Å². The first-order valence-corrected chi connectivity index (χ1v) is 45.3. The first kappa shape index (κ1) is 77.3. The molecule has 5 N–H and O–H groups in total. The van der Waals surface area contributed by atoms with Gasteiger partial charge in [0.25, 0.3) is 0 Å². The van der Waals surface area contributed by atoms with Crippen LogP contribution in [0.15, 0.2) is 171 Å². The number of hydrogen-bond donors (Lipinski definition) is 4. The van der Waals surface area contributed by atoms with Crippen LogP contribution in [0, 0.1) is 24.1 Å². The Hall–Kier alpha value is -7.10. The van der Waals surface area contributed by atoms with Crippen LogP contribution in [0.4, 0.5) is 4.39 Å². The molecule has 0 saturated carbocycles. The quantitative estimate of drug-likeness (QED) is 0.127. The van der Waals surface area contributed by atoms with E-state index in [1.807, 2.05) is 61.1 Å². The smallest absolute Gasteiger partial charge is 0.872 e. The van der Waals surface area contributed by atoms with Gasteiger partial charge in [0.15, 0.2) is 5.75 Å². The van der Waals surface area contributed by atoms with E-state index in [1.165, 1.54) is 54.5 Å². The van der Waals surface area contributed by atoms with Gasteiger partial charge in [0.1, 0.15) is 75.3 Å². The number of aromatic amines is 1. The van der Waals surface area contributed by atoms with Crippen molar-refractivity contribution in [3.8, 4) is 108 Å². The summed E-state index contributed by atoms with van der Waals surface area (Å²) in [6, 6.07) is 42.8. The summed E-state index contributed by atoms with van der Waals surface area (Å²) in [4.78, 5) is 29.7. The molecule has 0 fully saturated rings. The number of benzene rings is 4. The average Bonchev–Trinajstić information content (AvgIpc) is 1.62. The normalized spacial score (nSPS) is 14.2. The first-order valence-electron chi connectivity index (χ1n) is 30.3. The van der Waals surface area contributed by atoms with Crippen molar-refractivity contribution in [3.05, 3.63) is 188 Å². The van der Waals surface area contributed by atoms with Crippen molar-refractivity contribution >= 4 is 103 Å². The van der Waals surface area contributed by atoms with Crippen LogP contribution in [0.1, 0.15) is 11.1 Å². The zero-order chi connectivity index (χ0) is 65.6. The molecule has 0 saturated heterocycles. The zero-order valence-electron chi connectivity index (χ0n) is 56.8. The number of nitrogens with zero attached hydrogens (tertiary/aromatic N) is 7. The van der Waals surface area contributed by atoms with Crippen LogP contribution in [-0.2, 0) is 77.9 Å². The Kier molecular flexibility index (Phi) is 23.4. The van der Waals surface area contributed by atoms with Gasteiger partial charge < -0.3 is 30.3 Å². The predicted molar refractivity (Wildman–Crippen MR) is 380 cm³/mol. The standard InChI is InChI=1S/C19H17NOSi.C14H15NO2Si.C14H15NOSi.C13H11N3OSi.C12H11FN2OSi.Be.4Zn/c1-22(2)16-10-6-9-15(21)18(16)19-17(22)11-14(12-20-19)13-7-4-3-5-8-13;1-17-9-7-12-14(15-8-9)13-10(16)5-4-6-11(13)18(12,2)3;1-9-7-12-14(15-8-9)13-10(16)5-4-6-11(13)17(12,2)3;1-18(2)10-5-8(6-14)7-16-12(10)11-9(17)3-4-15-13(11)18;1-17(2)9-5-7(13)6-15-11(9)10-8(16)3-4-14-12(10)17;;;;;/h3-12,21H,1-2H3;4-8,16H,1-3H3;4-8,16H,1-3H3;3-5,7H,1-2H3,(H,15,17);3-6H,1-2H3,(H,14,16);;;;;/q;;;;;+2;;;;. The van der Waals surface area contributed by atoms with E-state index in [0.717, 1.165) is 77.4 Å². The second kappa shape index (κ2) is 29.4. The van der Waals surface area contributed by atoms with Crippen molar-refractivity contribution < 1.29 is 118 Å². The second-order valence-electron chi connectivity index (χ2n) is 26.3. The van der Waals surface area contributed by atoms with Crippen LogP contribution < -0.4 is 67.0 Å². The van der Waals surface area contributed by atoms with Crippen LogP contribution >= 0.6 is 0 Å². The molecule has 0 radical (unpaired) electrons. The number of fused-ring (bicyclic) bond motifs is 15. The molecule has 0 unspecified atom stereocenters. The van der Waals surface area contributed by atoms with Gasteiger partial charge in [0.2, 0.25) is 11.9 Å². The monoisotopic (exact) mass is 1570 g/mol. The van der Waals surface area contributed by atoms with Crippen molar-refractivity contribution in [3.63, 3.8) is 0 Å². The molecule has 0 atom stereocenters. The van der Waals surface area contributed by atoms with Gasteiger partial charge in [-0.15, -0.1) is 0 Å². The minimum Gasteiger partial charge on any atom is -0.872 e. The fourth-order valence-corrected chi connectivity index (χ4v) is 28.4. The molecule has 468 valence electrons. The van der Waals surface area contributed by atoms with Gasteiger partial charge in [0, 0.05) is 141 Å². The van der Waals surface area contributed by atoms with Gasteiger partial charge in [0.05, 0.1) is 52.8 Å². The van der Waals surface area contributed by atoms with Gasteiger partial charge >= 0.3 is 10.1 Å². The third-order valence-corrected chi connectivity index (χ3v) is 35.8. The molecule has 97 heavy (non-hydrogen) atoms. The molecular weight excluding hydrogens is 1500 g/mol. The summed E-state index contributed by atoms with van der Waals surface area (Å²) < 4.78 is 18.6. The number of H-pyrrole nitrogens is 1. The van der Waals surface area contributed by atoms with Crippen LogP contribution in [-0.4, -0.2) is 108 Å². The van der Waals surface area contributed by atoms with Crippen molar-refractivity contribution in [2.45, 2.75) is 72.4 Å². The Bertz CT molecular complexity index is 4790. The minimum atomic E-state index is -2.02. The molecule has 4 aromatic carbocycles. The number of hydrogen-bond acceptors (Lipinski definition) is 13. The number of phenols is 2. The van der Waals surface area contributed by atoms with Gasteiger partial charge in [-0.3, -0.25) is 29.9 Å². The molecule has 7 aromatic heterocycles. The Morgan fingerprint density at radius 1 is 0.454 bits per heavy atom. The molecule has 0 bridgehead atoms. The molecule has 5 aliphatic heterocycles. The molecule has 12 heterocycles. The molecule has 16 rings (SSSR count). The van der Waals surface area contributed by atoms with Crippen LogP contribution in [0.25, 0.3) is 67.4 Å². The number of aromatic nitrogens is 7. The molecule has 0 aliphatic carbocycles. The van der Waals surface area contributed by atoms with Gasteiger partial charge in [-0.05, 0) is 102 Å². The average molecular weight is 1570 g/mol. The van der Waals surface area contributed by atoms with Crippen LogP contribution in [0.3, 0.4) is 0 Å². The summed E-state index contributed by atoms with van der Waals surface area (Å²) in [6.07, 6.45) is 11.6. The second-order valence-corrected chi connectivity index (χ2v) is 47.8. The number of rotatable bonds is 2. The third kappa shape index (κ3) is 13.4. The van der Waals surface area contributed by atoms with E-state index in [0.29, 0.717) is 28.3 Å². The maximum Gasteiger partial charge on any atom is 2.00 e. The molecular formula is C72H69BeFN8O6Si5Zn4+2. The predicted octanol–water partition coefficient (Wildman–Crippen LogP) is 7.13. The largest absolute Gasteiger partial charge is 2.00 e. The molecule has 11 aromatic rings. The number of aromatic hydroxyl groups is 4. The van der Waals surface area contributed by atoms with E-state index in [2.05, 4.69) is 157 Å². The van der Waals surface area contributed by atoms with Crippen molar-refractivity contribution in [1.29, 1.82) is 5.26 Å². The molecule has 14 nitrogen and oxygen atoms in total. The van der Waals surface area contributed by atoms with E-state index >= 15 is 0 Å². The molecule has 0 amide bonds. The summed E-state index contributed by atoms with van der Waals surface area (Å²) in [5.41, 5.74) is 12.6. The zero-order valence-corrected chi connectivity index (χ0v) is 73.7. The van der Waals surface area contributed by atoms with Crippen LogP contribution in [0.5, 0.6) is 34.5 Å². The van der Waals surface area contributed by atoms with E-state index in [1.54, 1.807) is 56.0 Å². The van der Waals surface area contributed by atoms with Crippen LogP contribution in [0.2, 0.25) is 65.5 Å². The molecule has 5 aliphatic rings. The molecule has 25 heteroatoms. The number of ether oxygens (including phenoxy) is 1. The summed E-state index contributed by atoms with van der Waals surface area (Å²) >= 11 is 0. The van der Waals surface area contributed by atoms with Crippen molar-refractivity contribution in [2.24, 2.45) is 0 Å². The van der Waals surface area contributed by atoms with Gasteiger partial charge in [-0.1, -0.05) is 156 Å². The number of nitrogens with one attached hydrogen (secondary N) is 1. The number of phenolic OH excluding ortho intramolecular Hbond substituents is 2. The van der Waals surface area contributed by atoms with Gasteiger partial charge in [-0.25, -0.2) is 9.37 Å². The number of nitriles is 1. The fourth-order valence-electron chi connectivity index (χ4n) is 13.7. The SMILES string of the molecule is COc1c[nH+]c2c(c1)[Si](C)(C)c1cccc([O-])c1-2.C[Si]1(C)c2cc(-c3ccccc3)cnc2-c2c(O)cccc21.C[Si]1(C)c2cc(C#N)cnc2-c2c(O)ccnc21.C[Si]1(C)c2cc(F)cnc2-c2c(O)ccnc21.Cc1cnc2c(c1)[Si](C)(C)c1cccc(O)c1-2.[Be+2].[Zn].[Zn].[Zn].[Zn]. The van der Waals surface area contributed by atoms with Crippen molar-refractivity contribution in [2.75, 3.05) is 7.11 Å².